The van der Waals surface area contributed by atoms with Crippen molar-refractivity contribution in [2.24, 2.45) is 18.7 Å². The van der Waals surface area contributed by atoms with E-state index in [1.807, 2.05) is 17.9 Å². The lowest BCUT2D eigenvalue weighted by atomic mass is 9.95. The van der Waals surface area contributed by atoms with Gasteiger partial charge in [-0.2, -0.15) is 5.10 Å². The highest BCUT2D eigenvalue weighted by Crippen LogP contribution is 2.30. The number of nitrogens with zero attached hydrogens (tertiary/aromatic N) is 2. The molecule has 1 aliphatic rings. The first-order chi connectivity index (χ1) is 6.74. The van der Waals surface area contributed by atoms with Gasteiger partial charge in [-0.25, -0.2) is 0 Å². The van der Waals surface area contributed by atoms with Gasteiger partial charge in [0.15, 0.2) is 0 Å². The average Bonchev–Trinajstić information content (AvgIpc) is 2.75. The molecule has 0 aromatic carbocycles. The third-order valence-electron chi connectivity index (χ3n) is 3.26. The Morgan fingerprint density at radius 1 is 1.71 bits per heavy atom. The molecule has 78 valence electrons. The molecular formula is C10H18N4. The number of aryl methyl sites for hydroxylation is 1. The summed E-state index contributed by atoms with van der Waals surface area (Å²) in [7, 11) is 1.98. The Hall–Kier alpha value is -0.870. The fourth-order valence-electron chi connectivity index (χ4n) is 2.20. The summed E-state index contributed by atoms with van der Waals surface area (Å²) in [5, 5.41) is 7.76. The number of hydrogen-bond acceptors (Lipinski definition) is 3. The number of aromatic nitrogens is 2. The summed E-state index contributed by atoms with van der Waals surface area (Å²) in [6.07, 6.45) is 3.14. The smallest absolute Gasteiger partial charge is 0.0540 e. The van der Waals surface area contributed by atoms with Crippen molar-refractivity contribution in [2.45, 2.75) is 19.4 Å². The Morgan fingerprint density at radius 3 is 3.07 bits per heavy atom. The van der Waals surface area contributed by atoms with E-state index in [-0.39, 0.29) is 0 Å². The summed E-state index contributed by atoms with van der Waals surface area (Å²) in [6.45, 7) is 3.93. The number of rotatable bonds is 2. The van der Waals surface area contributed by atoms with Crippen LogP contribution >= 0.6 is 0 Å². The molecule has 0 radical (unpaired) electrons. The summed E-state index contributed by atoms with van der Waals surface area (Å²) in [5.41, 5.74) is 8.30. The molecule has 0 bridgehead atoms. The van der Waals surface area contributed by atoms with Crippen LogP contribution in [0.1, 0.15) is 23.7 Å². The second kappa shape index (κ2) is 3.71. The van der Waals surface area contributed by atoms with Crippen LogP contribution in [-0.4, -0.2) is 22.9 Å². The maximum absolute atomic E-state index is 5.75. The van der Waals surface area contributed by atoms with Crippen LogP contribution in [0.5, 0.6) is 0 Å². The van der Waals surface area contributed by atoms with Gasteiger partial charge in [0.05, 0.1) is 6.20 Å². The van der Waals surface area contributed by atoms with Crippen molar-refractivity contribution in [3.8, 4) is 0 Å². The number of nitrogens with one attached hydrogen (secondary N) is 1. The van der Waals surface area contributed by atoms with E-state index in [4.69, 9.17) is 5.73 Å². The highest BCUT2D eigenvalue weighted by atomic mass is 15.3. The molecule has 2 atom stereocenters. The van der Waals surface area contributed by atoms with Gasteiger partial charge in [-0.15, -0.1) is 0 Å². The zero-order valence-corrected chi connectivity index (χ0v) is 8.83. The van der Waals surface area contributed by atoms with E-state index in [0.29, 0.717) is 12.0 Å². The second-order valence-electron chi connectivity index (χ2n) is 4.03. The van der Waals surface area contributed by atoms with E-state index < -0.39 is 0 Å². The minimum Gasteiger partial charge on any atom is -0.330 e. The van der Waals surface area contributed by atoms with Crippen LogP contribution < -0.4 is 11.1 Å². The minimum absolute atomic E-state index is 0.411. The van der Waals surface area contributed by atoms with Crippen molar-refractivity contribution in [1.82, 2.24) is 15.1 Å². The summed E-state index contributed by atoms with van der Waals surface area (Å²) in [6, 6.07) is 0.411. The normalized spacial score (nSPS) is 27.1. The van der Waals surface area contributed by atoms with Gasteiger partial charge in [0.1, 0.15) is 0 Å². The largest absolute Gasteiger partial charge is 0.330 e. The van der Waals surface area contributed by atoms with Crippen LogP contribution in [0, 0.1) is 12.8 Å². The predicted molar refractivity (Wildman–Crippen MR) is 55.9 cm³/mol. The molecule has 4 heteroatoms. The molecule has 0 spiro atoms. The Morgan fingerprint density at radius 2 is 2.50 bits per heavy atom. The Bertz CT molecular complexity index is 318. The fourth-order valence-corrected chi connectivity index (χ4v) is 2.20. The van der Waals surface area contributed by atoms with Crippen molar-refractivity contribution in [1.29, 1.82) is 0 Å². The van der Waals surface area contributed by atoms with Gasteiger partial charge in [0.2, 0.25) is 0 Å². The lowest BCUT2D eigenvalue weighted by Crippen LogP contribution is -2.23. The van der Waals surface area contributed by atoms with Crippen molar-refractivity contribution in [3.05, 3.63) is 17.5 Å². The van der Waals surface area contributed by atoms with Crippen molar-refractivity contribution >= 4 is 0 Å². The molecule has 0 saturated carbocycles. The standard InChI is InChI=1S/C10H18N4/c1-7-9(6-13-14(7)2)10-8(5-11)3-4-12-10/h6,8,10,12H,3-5,11H2,1-2H3. The molecule has 2 heterocycles. The molecule has 0 amide bonds. The summed E-state index contributed by atoms with van der Waals surface area (Å²) < 4.78 is 1.92. The van der Waals surface area contributed by atoms with E-state index >= 15 is 0 Å². The van der Waals surface area contributed by atoms with E-state index in [0.717, 1.165) is 13.1 Å². The SMILES string of the molecule is Cc1c(C2NCCC2CN)cnn1C. The molecule has 1 aliphatic heterocycles. The molecule has 1 fully saturated rings. The minimum atomic E-state index is 0.411. The first kappa shape index (κ1) is 9.68. The number of hydrogen-bond donors (Lipinski definition) is 2. The molecular weight excluding hydrogens is 176 g/mol. The zero-order valence-electron chi connectivity index (χ0n) is 8.83. The molecule has 0 aliphatic carbocycles. The van der Waals surface area contributed by atoms with Gasteiger partial charge in [0, 0.05) is 24.3 Å². The van der Waals surface area contributed by atoms with Gasteiger partial charge in [-0.3, -0.25) is 4.68 Å². The summed E-state index contributed by atoms with van der Waals surface area (Å²) in [5.74, 6) is 0.567. The monoisotopic (exact) mass is 194 g/mol. The quantitative estimate of drug-likeness (QED) is 0.713. The summed E-state index contributed by atoms with van der Waals surface area (Å²) >= 11 is 0. The molecule has 1 aromatic heterocycles. The van der Waals surface area contributed by atoms with Gasteiger partial charge in [-0.1, -0.05) is 0 Å². The fraction of sp³-hybridized carbons (Fsp3) is 0.700. The van der Waals surface area contributed by atoms with Gasteiger partial charge < -0.3 is 11.1 Å². The van der Waals surface area contributed by atoms with Crippen LogP contribution in [-0.2, 0) is 7.05 Å². The molecule has 2 rings (SSSR count). The highest BCUT2D eigenvalue weighted by molar-refractivity contribution is 5.22. The molecule has 3 N–H and O–H groups in total. The summed E-state index contributed by atoms with van der Waals surface area (Å²) in [4.78, 5) is 0. The topological polar surface area (TPSA) is 55.9 Å². The van der Waals surface area contributed by atoms with E-state index in [9.17, 15) is 0 Å². The Labute approximate surface area is 84.5 Å². The molecule has 1 saturated heterocycles. The van der Waals surface area contributed by atoms with Crippen LogP contribution in [0.15, 0.2) is 6.20 Å². The molecule has 4 nitrogen and oxygen atoms in total. The molecule has 1 aromatic rings. The van der Waals surface area contributed by atoms with Crippen molar-refractivity contribution in [2.75, 3.05) is 13.1 Å². The van der Waals surface area contributed by atoms with Crippen LogP contribution in [0.2, 0.25) is 0 Å². The first-order valence-electron chi connectivity index (χ1n) is 5.16. The van der Waals surface area contributed by atoms with Crippen molar-refractivity contribution in [3.63, 3.8) is 0 Å². The van der Waals surface area contributed by atoms with Gasteiger partial charge >= 0.3 is 0 Å². The third kappa shape index (κ3) is 1.44. The lowest BCUT2D eigenvalue weighted by molar-refractivity contribution is 0.470. The van der Waals surface area contributed by atoms with Crippen LogP contribution in [0.25, 0.3) is 0 Å². The second-order valence-corrected chi connectivity index (χ2v) is 4.03. The van der Waals surface area contributed by atoms with E-state index in [1.165, 1.54) is 17.7 Å². The van der Waals surface area contributed by atoms with Gasteiger partial charge in [0.25, 0.3) is 0 Å². The van der Waals surface area contributed by atoms with Crippen molar-refractivity contribution < 1.29 is 0 Å². The lowest BCUT2D eigenvalue weighted by Gasteiger charge is -2.17. The van der Waals surface area contributed by atoms with E-state index in [2.05, 4.69) is 17.3 Å². The molecule has 14 heavy (non-hydrogen) atoms. The molecule has 2 unspecified atom stereocenters. The van der Waals surface area contributed by atoms with Crippen LogP contribution in [0.3, 0.4) is 0 Å². The van der Waals surface area contributed by atoms with Crippen LogP contribution in [0.4, 0.5) is 0 Å². The maximum atomic E-state index is 5.75. The Kier molecular flexibility index (Phi) is 2.56. The predicted octanol–water partition coefficient (Wildman–Crippen LogP) is 0.338. The Balaban J connectivity index is 2.26. The first-order valence-corrected chi connectivity index (χ1v) is 5.16. The van der Waals surface area contributed by atoms with Gasteiger partial charge in [-0.05, 0) is 32.4 Å². The highest BCUT2D eigenvalue weighted by Gasteiger charge is 2.29. The third-order valence-corrected chi connectivity index (χ3v) is 3.26. The van der Waals surface area contributed by atoms with E-state index in [1.54, 1.807) is 0 Å². The average molecular weight is 194 g/mol. The zero-order chi connectivity index (χ0) is 10.1. The maximum Gasteiger partial charge on any atom is 0.0540 e. The number of nitrogens with two attached hydrogens (primary N) is 1.